The molecular weight excluding hydrogens is 324 g/mol. The standard InChI is InChI=1S/C17H22N4O4/c1-20(2)10-6-9-18-11-12-15(22)19-17(24)21(16(12)23)13-7-4-5-8-14(13)25-3/h4-5,7-8,11-12H,6,9-10H2,1-3H3,(H,19,22,24). The minimum Gasteiger partial charge on any atom is -0.495 e. The molecule has 8 nitrogen and oxygen atoms in total. The molecule has 1 fully saturated rings. The molecule has 1 aliphatic heterocycles. The summed E-state index contributed by atoms with van der Waals surface area (Å²) in [6.07, 6.45) is 2.11. The Morgan fingerprint density at radius 1 is 1.28 bits per heavy atom. The number of nitrogens with one attached hydrogen (secondary N) is 1. The maximum absolute atomic E-state index is 12.7. The topological polar surface area (TPSA) is 91.3 Å². The van der Waals surface area contributed by atoms with E-state index in [4.69, 9.17) is 4.74 Å². The molecule has 134 valence electrons. The molecule has 1 unspecified atom stereocenters. The van der Waals surface area contributed by atoms with E-state index in [1.165, 1.54) is 13.3 Å². The summed E-state index contributed by atoms with van der Waals surface area (Å²) >= 11 is 0. The number of carbonyl (C=O) groups is 3. The van der Waals surface area contributed by atoms with Crippen LogP contribution in [0.2, 0.25) is 0 Å². The molecule has 1 aromatic carbocycles. The Labute approximate surface area is 146 Å². The summed E-state index contributed by atoms with van der Waals surface area (Å²) in [6, 6.07) is 5.83. The first-order valence-electron chi connectivity index (χ1n) is 7.92. The predicted molar refractivity (Wildman–Crippen MR) is 94.0 cm³/mol. The maximum atomic E-state index is 12.7. The number of ether oxygens (including phenoxy) is 1. The minimum absolute atomic E-state index is 0.283. The van der Waals surface area contributed by atoms with Crippen molar-refractivity contribution >= 4 is 29.7 Å². The monoisotopic (exact) mass is 346 g/mol. The van der Waals surface area contributed by atoms with Crippen molar-refractivity contribution in [3.8, 4) is 5.75 Å². The summed E-state index contributed by atoms with van der Waals surface area (Å²) < 4.78 is 5.20. The summed E-state index contributed by atoms with van der Waals surface area (Å²) in [5.74, 6) is -2.09. The number of amides is 4. The Morgan fingerprint density at radius 2 is 2.00 bits per heavy atom. The van der Waals surface area contributed by atoms with E-state index in [0.717, 1.165) is 17.9 Å². The second-order valence-corrected chi connectivity index (χ2v) is 5.83. The average molecular weight is 346 g/mol. The highest BCUT2D eigenvalue weighted by Gasteiger charge is 2.41. The number of methoxy groups -OCH3 is 1. The molecule has 0 radical (unpaired) electrons. The number of benzene rings is 1. The largest absolute Gasteiger partial charge is 0.495 e. The third-order valence-electron chi connectivity index (χ3n) is 3.68. The molecule has 0 saturated carbocycles. The van der Waals surface area contributed by atoms with Crippen LogP contribution < -0.4 is 15.0 Å². The molecule has 1 heterocycles. The van der Waals surface area contributed by atoms with Gasteiger partial charge in [-0.05, 0) is 39.2 Å². The van der Waals surface area contributed by atoms with Crippen molar-refractivity contribution in [2.24, 2.45) is 10.9 Å². The van der Waals surface area contributed by atoms with Gasteiger partial charge in [0.1, 0.15) is 5.75 Å². The van der Waals surface area contributed by atoms with Crippen molar-refractivity contribution in [2.45, 2.75) is 6.42 Å². The van der Waals surface area contributed by atoms with Crippen LogP contribution in [-0.4, -0.2) is 63.3 Å². The highest BCUT2D eigenvalue weighted by Crippen LogP contribution is 2.30. The molecular formula is C17H22N4O4. The Kier molecular flexibility index (Phi) is 6.24. The number of barbiturate groups is 1. The van der Waals surface area contributed by atoms with Gasteiger partial charge in [0.05, 0.1) is 12.8 Å². The molecule has 1 aliphatic rings. The molecule has 1 saturated heterocycles. The lowest BCUT2D eigenvalue weighted by molar-refractivity contribution is -0.131. The van der Waals surface area contributed by atoms with Gasteiger partial charge in [-0.3, -0.25) is 19.9 Å². The lowest BCUT2D eigenvalue weighted by atomic mass is 10.1. The van der Waals surface area contributed by atoms with Crippen molar-refractivity contribution in [2.75, 3.05) is 39.2 Å². The first-order valence-corrected chi connectivity index (χ1v) is 7.92. The van der Waals surface area contributed by atoms with E-state index in [0.29, 0.717) is 12.3 Å². The Morgan fingerprint density at radius 3 is 2.68 bits per heavy atom. The molecule has 1 N–H and O–H groups in total. The number of para-hydroxylation sites is 2. The molecule has 25 heavy (non-hydrogen) atoms. The highest BCUT2D eigenvalue weighted by molar-refractivity contribution is 6.32. The maximum Gasteiger partial charge on any atom is 0.335 e. The third kappa shape index (κ3) is 4.42. The molecule has 2 rings (SSSR count). The van der Waals surface area contributed by atoms with Crippen molar-refractivity contribution in [1.29, 1.82) is 0 Å². The lowest BCUT2D eigenvalue weighted by Crippen LogP contribution is -2.58. The van der Waals surface area contributed by atoms with Gasteiger partial charge in [0.2, 0.25) is 5.91 Å². The van der Waals surface area contributed by atoms with E-state index in [1.54, 1.807) is 24.3 Å². The van der Waals surface area contributed by atoms with Gasteiger partial charge in [-0.25, -0.2) is 9.69 Å². The van der Waals surface area contributed by atoms with E-state index in [2.05, 4.69) is 10.3 Å². The highest BCUT2D eigenvalue weighted by atomic mass is 16.5. The van der Waals surface area contributed by atoms with E-state index in [9.17, 15) is 14.4 Å². The zero-order valence-corrected chi connectivity index (χ0v) is 14.6. The number of aliphatic imine (C=N–C) groups is 1. The van der Waals surface area contributed by atoms with Crippen LogP contribution in [0.15, 0.2) is 29.3 Å². The first-order chi connectivity index (χ1) is 12.0. The number of hydrogen-bond donors (Lipinski definition) is 1. The van der Waals surface area contributed by atoms with Crippen LogP contribution >= 0.6 is 0 Å². The quantitative estimate of drug-likeness (QED) is 0.450. The normalized spacial score (nSPS) is 18.2. The van der Waals surface area contributed by atoms with Gasteiger partial charge < -0.3 is 9.64 Å². The molecule has 0 aromatic heterocycles. The second kappa shape index (κ2) is 8.39. The summed E-state index contributed by atoms with van der Waals surface area (Å²) in [6.45, 7) is 1.35. The fourth-order valence-corrected chi connectivity index (χ4v) is 2.42. The molecule has 1 aromatic rings. The smallest absolute Gasteiger partial charge is 0.335 e. The van der Waals surface area contributed by atoms with Crippen LogP contribution in [0.25, 0.3) is 0 Å². The van der Waals surface area contributed by atoms with Gasteiger partial charge in [0, 0.05) is 12.8 Å². The Balaban J connectivity index is 2.17. The zero-order chi connectivity index (χ0) is 18.4. The van der Waals surface area contributed by atoms with E-state index >= 15 is 0 Å². The SMILES string of the molecule is COc1ccccc1N1C(=O)NC(=O)C(C=NCCCN(C)C)C1=O. The van der Waals surface area contributed by atoms with Gasteiger partial charge in [-0.2, -0.15) is 0 Å². The van der Waals surface area contributed by atoms with Gasteiger partial charge in [-0.15, -0.1) is 0 Å². The Bertz CT molecular complexity index is 687. The summed E-state index contributed by atoms with van der Waals surface area (Å²) in [5, 5.41) is 2.19. The number of hydrogen-bond acceptors (Lipinski definition) is 6. The molecule has 0 spiro atoms. The third-order valence-corrected chi connectivity index (χ3v) is 3.68. The molecule has 0 aliphatic carbocycles. The molecule has 8 heteroatoms. The van der Waals surface area contributed by atoms with Crippen molar-refractivity contribution in [3.63, 3.8) is 0 Å². The van der Waals surface area contributed by atoms with Gasteiger partial charge in [0.25, 0.3) is 5.91 Å². The summed E-state index contributed by atoms with van der Waals surface area (Å²) in [7, 11) is 5.36. The van der Waals surface area contributed by atoms with Crippen molar-refractivity contribution in [3.05, 3.63) is 24.3 Å². The second-order valence-electron chi connectivity index (χ2n) is 5.83. The summed E-state index contributed by atoms with van der Waals surface area (Å²) in [4.78, 5) is 43.9. The first kappa shape index (κ1) is 18.6. The van der Waals surface area contributed by atoms with Crippen molar-refractivity contribution in [1.82, 2.24) is 10.2 Å². The fraction of sp³-hybridized carbons (Fsp3) is 0.412. The molecule has 4 amide bonds. The number of carbonyl (C=O) groups excluding carboxylic acids is 3. The van der Waals surface area contributed by atoms with Crippen LogP contribution in [0.5, 0.6) is 5.75 Å². The molecule has 1 atom stereocenters. The van der Waals surface area contributed by atoms with Crippen LogP contribution in [0.3, 0.4) is 0 Å². The van der Waals surface area contributed by atoms with Crippen LogP contribution in [0, 0.1) is 5.92 Å². The summed E-state index contributed by atoms with van der Waals surface area (Å²) in [5.41, 5.74) is 0.283. The Hall–Kier alpha value is -2.74. The number of imide groups is 2. The van der Waals surface area contributed by atoms with Crippen molar-refractivity contribution < 1.29 is 19.1 Å². The average Bonchev–Trinajstić information content (AvgIpc) is 2.57. The van der Waals surface area contributed by atoms with Crippen LogP contribution in [0.1, 0.15) is 6.42 Å². The zero-order valence-electron chi connectivity index (χ0n) is 14.6. The number of urea groups is 1. The van der Waals surface area contributed by atoms with E-state index < -0.39 is 23.8 Å². The fourth-order valence-electron chi connectivity index (χ4n) is 2.42. The lowest BCUT2D eigenvalue weighted by Gasteiger charge is -2.29. The number of nitrogens with zero attached hydrogens (tertiary/aromatic N) is 3. The number of rotatable bonds is 7. The molecule has 0 bridgehead atoms. The van der Waals surface area contributed by atoms with Gasteiger partial charge in [-0.1, -0.05) is 12.1 Å². The number of anilines is 1. The van der Waals surface area contributed by atoms with E-state index in [1.807, 2.05) is 19.0 Å². The van der Waals surface area contributed by atoms with E-state index in [-0.39, 0.29) is 5.69 Å². The van der Waals surface area contributed by atoms with Crippen LogP contribution in [-0.2, 0) is 9.59 Å². The van der Waals surface area contributed by atoms with Gasteiger partial charge in [0.15, 0.2) is 5.92 Å². The minimum atomic E-state index is -1.14. The predicted octanol–water partition coefficient (Wildman–Crippen LogP) is 0.917. The van der Waals surface area contributed by atoms with Gasteiger partial charge >= 0.3 is 6.03 Å². The van der Waals surface area contributed by atoms with Crippen LogP contribution in [0.4, 0.5) is 10.5 Å².